The number of benzene rings is 4. The van der Waals surface area contributed by atoms with Gasteiger partial charge in [-0.05, 0) is 78.0 Å². The molecule has 4 aromatic carbocycles. The molecule has 0 bridgehead atoms. The van der Waals surface area contributed by atoms with E-state index in [9.17, 15) is 9.90 Å². The third-order valence-electron chi connectivity index (χ3n) is 8.43. The first-order valence-electron chi connectivity index (χ1n) is 15.4. The van der Waals surface area contributed by atoms with Gasteiger partial charge in [0.1, 0.15) is 0 Å². The Hall–Kier alpha value is -3.81. The molecular weight excluding hydrogens is 536 g/mol. The van der Waals surface area contributed by atoms with E-state index in [0.717, 1.165) is 59.4 Å². The SMILES string of the molecule is O=C(NCc1cccc(-c2cccc([C@H]3O[C@@H](CN4CCCCC4)C[C@@H](c4ccc(CO)cc4)O3)c2)c1)c1ccccc1. The van der Waals surface area contributed by atoms with Gasteiger partial charge in [-0.25, -0.2) is 0 Å². The van der Waals surface area contributed by atoms with E-state index in [2.05, 4.69) is 58.7 Å². The molecule has 0 saturated carbocycles. The van der Waals surface area contributed by atoms with E-state index in [1.54, 1.807) is 0 Å². The largest absolute Gasteiger partial charge is 0.392 e. The molecule has 0 aliphatic carbocycles. The zero-order valence-corrected chi connectivity index (χ0v) is 24.5. The average molecular weight is 577 g/mol. The lowest BCUT2D eigenvalue weighted by Gasteiger charge is -2.39. The predicted molar refractivity (Wildman–Crippen MR) is 168 cm³/mol. The van der Waals surface area contributed by atoms with Crippen molar-refractivity contribution >= 4 is 5.91 Å². The first kappa shape index (κ1) is 29.3. The number of ether oxygens (including phenoxy) is 2. The first-order valence-corrected chi connectivity index (χ1v) is 15.4. The maximum absolute atomic E-state index is 12.6. The highest BCUT2D eigenvalue weighted by Gasteiger charge is 2.33. The van der Waals surface area contributed by atoms with E-state index in [1.807, 2.05) is 54.6 Å². The number of aliphatic hydroxyl groups excluding tert-OH is 1. The Bertz CT molecular complexity index is 1480. The smallest absolute Gasteiger partial charge is 0.251 e. The van der Waals surface area contributed by atoms with Crippen molar-refractivity contribution in [3.05, 3.63) is 131 Å². The van der Waals surface area contributed by atoms with Gasteiger partial charge in [0.2, 0.25) is 0 Å². The van der Waals surface area contributed by atoms with Gasteiger partial charge in [-0.1, -0.05) is 85.3 Å². The minimum atomic E-state index is -0.487. The zero-order chi connectivity index (χ0) is 29.4. The average Bonchev–Trinajstić information content (AvgIpc) is 3.08. The number of carbonyl (C=O) groups is 1. The van der Waals surface area contributed by atoms with Gasteiger partial charge < -0.3 is 24.8 Å². The van der Waals surface area contributed by atoms with Crippen LogP contribution in [0.25, 0.3) is 11.1 Å². The number of carbonyl (C=O) groups excluding carboxylic acids is 1. The summed E-state index contributed by atoms with van der Waals surface area (Å²) in [6, 6.07) is 34.0. The minimum absolute atomic E-state index is 0.0303. The van der Waals surface area contributed by atoms with Gasteiger partial charge in [0.25, 0.3) is 5.91 Å². The summed E-state index contributed by atoms with van der Waals surface area (Å²) >= 11 is 0. The maximum atomic E-state index is 12.6. The summed E-state index contributed by atoms with van der Waals surface area (Å²) in [5, 5.41) is 12.5. The van der Waals surface area contributed by atoms with Crippen LogP contribution < -0.4 is 5.32 Å². The fraction of sp³-hybridized carbons (Fsp3) is 0.324. The zero-order valence-electron chi connectivity index (χ0n) is 24.5. The number of hydrogen-bond acceptors (Lipinski definition) is 5. The van der Waals surface area contributed by atoms with Gasteiger partial charge in [0, 0.05) is 30.6 Å². The minimum Gasteiger partial charge on any atom is -0.392 e. The lowest BCUT2D eigenvalue weighted by molar-refractivity contribution is -0.253. The van der Waals surface area contributed by atoms with Crippen LogP contribution in [0.4, 0.5) is 0 Å². The van der Waals surface area contributed by atoms with E-state index >= 15 is 0 Å². The van der Waals surface area contributed by atoms with Crippen molar-refractivity contribution in [2.24, 2.45) is 0 Å². The van der Waals surface area contributed by atoms with Gasteiger partial charge in [0.15, 0.2) is 6.29 Å². The van der Waals surface area contributed by atoms with Crippen LogP contribution in [0, 0.1) is 0 Å². The molecule has 0 unspecified atom stereocenters. The van der Waals surface area contributed by atoms with E-state index in [4.69, 9.17) is 9.47 Å². The number of nitrogens with one attached hydrogen (secondary N) is 1. The van der Waals surface area contributed by atoms with Crippen molar-refractivity contribution in [1.82, 2.24) is 10.2 Å². The molecule has 2 fully saturated rings. The Kier molecular flexibility index (Phi) is 9.60. The van der Waals surface area contributed by atoms with Gasteiger partial charge in [0.05, 0.1) is 18.8 Å². The number of rotatable bonds is 9. The second-order valence-electron chi connectivity index (χ2n) is 11.6. The molecule has 2 heterocycles. The molecule has 222 valence electrons. The normalized spacial score (nSPS) is 20.9. The van der Waals surface area contributed by atoms with Crippen LogP contribution in [-0.4, -0.2) is 41.7 Å². The molecule has 6 rings (SSSR count). The highest BCUT2D eigenvalue weighted by Crippen LogP contribution is 2.39. The van der Waals surface area contributed by atoms with E-state index in [-0.39, 0.29) is 24.7 Å². The number of hydrogen-bond donors (Lipinski definition) is 2. The summed E-state index contributed by atoms with van der Waals surface area (Å²) in [4.78, 5) is 15.1. The van der Waals surface area contributed by atoms with Gasteiger partial charge in [-0.3, -0.25) is 4.79 Å². The Balaban J connectivity index is 1.19. The second-order valence-corrected chi connectivity index (χ2v) is 11.6. The Morgan fingerprint density at radius 2 is 1.51 bits per heavy atom. The number of piperidine rings is 1. The lowest BCUT2D eigenvalue weighted by atomic mass is 9.98. The van der Waals surface area contributed by atoms with Crippen LogP contribution in [0.1, 0.15) is 70.7 Å². The number of aliphatic hydroxyl groups is 1. The molecule has 4 aromatic rings. The van der Waals surface area contributed by atoms with Crippen LogP contribution >= 0.6 is 0 Å². The van der Waals surface area contributed by atoms with Gasteiger partial charge in [-0.15, -0.1) is 0 Å². The molecule has 2 N–H and O–H groups in total. The summed E-state index contributed by atoms with van der Waals surface area (Å²) in [5.74, 6) is -0.0840. The molecule has 3 atom stereocenters. The molecule has 2 aliphatic rings. The van der Waals surface area contributed by atoms with Crippen LogP contribution in [0.5, 0.6) is 0 Å². The van der Waals surface area contributed by atoms with Crippen molar-refractivity contribution in [2.75, 3.05) is 19.6 Å². The number of amides is 1. The van der Waals surface area contributed by atoms with Crippen LogP contribution in [0.3, 0.4) is 0 Å². The standard InChI is InChI=1S/C37H40N2O4/c40-26-27-15-17-29(18-16-27)35-23-34(25-39-19-5-2-6-20-39)42-37(43-35)33-14-8-13-32(22-33)31-12-7-9-28(21-31)24-38-36(41)30-10-3-1-4-11-30/h1,3-4,7-18,21-22,34-35,37,40H,2,5-6,19-20,23-26H2,(H,38,41)/t34-,35+,37+/m1/s1. The Morgan fingerprint density at radius 3 is 2.28 bits per heavy atom. The van der Waals surface area contributed by atoms with Crippen molar-refractivity contribution < 1.29 is 19.4 Å². The monoisotopic (exact) mass is 576 g/mol. The number of likely N-dealkylation sites (tertiary alicyclic amines) is 1. The molecule has 0 spiro atoms. The lowest BCUT2D eigenvalue weighted by Crippen LogP contribution is -2.41. The van der Waals surface area contributed by atoms with E-state index in [0.29, 0.717) is 12.1 Å². The molecule has 43 heavy (non-hydrogen) atoms. The summed E-state index contributed by atoms with van der Waals surface area (Å²) in [7, 11) is 0. The van der Waals surface area contributed by atoms with Crippen molar-refractivity contribution in [2.45, 2.75) is 57.3 Å². The van der Waals surface area contributed by atoms with Crippen molar-refractivity contribution in [1.29, 1.82) is 0 Å². The Morgan fingerprint density at radius 1 is 0.767 bits per heavy atom. The molecule has 0 radical (unpaired) electrons. The van der Waals surface area contributed by atoms with Crippen LogP contribution in [0.15, 0.2) is 103 Å². The van der Waals surface area contributed by atoms with E-state index < -0.39 is 6.29 Å². The maximum Gasteiger partial charge on any atom is 0.251 e. The summed E-state index contributed by atoms with van der Waals surface area (Å²) in [6.45, 7) is 3.63. The third kappa shape index (κ3) is 7.59. The fourth-order valence-electron chi connectivity index (χ4n) is 6.06. The van der Waals surface area contributed by atoms with Crippen LogP contribution in [-0.2, 0) is 22.6 Å². The summed E-state index contributed by atoms with van der Waals surface area (Å²) in [5.41, 5.74) is 6.82. The van der Waals surface area contributed by atoms with Crippen LogP contribution in [0.2, 0.25) is 0 Å². The highest BCUT2D eigenvalue weighted by atomic mass is 16.7. The topological polar surface area (TPSA) is 71.0 Å². The Labute approximate surface area is 254 Å². The molecule has 2 saturated heterocycles. The quantitative estimate of drug-likeness (QED) is 0.229. The third-order valence-corrected chi connectivity index (χ3v) is 8.43. The fourth-order valence-corrected chi connectivity index (χ4v) is 6.06. The number of nitrogens with zero attached hydrogens (tertiary/aromatic N) is 1. The molecular formula is C37H40N2O4. The highest BCUT2D eigenvalue weighted by molar-refractivity contribution is 5.94. The van der Waals surface area contributed by atoms with E-state index in [1.165, 1.54) is 19.3 Å². The molecule has 6 heteroatoms. The first-order chi connectivity index (χ1) is 21.1. The predicted octanol–water partition coefficient (Wildman–Crippen LogP) is 6.81. The molecule has 0 aromatic heterocycles. The molecule has 1 amide bonds. The summed E-state index contributed by atoms with van der Waals surface area (Å²) < 4.78 is 13.3. The van der Waals surface area contributed by atoms with Crippen molar-refractivity contribution in [3.63, 3.8) is 0 Å². The summed E-state index contributed by atoms with van der Waals surface area (Å²) in [6.07, 6.45) is 4.06. The molecule has 6 nitrogen and oxygen atoms in total. The van der Waals surface area contributed by atoms with Gasteiger partial charge in [-0.2, -0.15) is 0 Å². The second kappa shape index (κ2) is 14.1. The molecule has 2 aliphatic heterocycles. The van der Waals surface area contributed by atoms with Gasteiger partial charge >= 0.3 is 0 Å². The van der Waals surface area contributed by atoms with Crippen molar-refractivity contribution in [3.8, 4) is 11.1 Å².